The molecule has 0 aliphatic heterocycles. The number of carbonyl (C=O) groups excluding carboxylic acids is 1. The van der Waals surface area contributed by atoms with Crippen molar-refractivity contribution in [2.45, 2.75) is 19.9 Å². The molecule has 158 valence electrons. The molecule has 0 aliphatic carbocycles. The molecule has 6 nitrogen and oxygen atoms in total. The first-order valence-electron chi connectivity index (χ1n) is 9.86. The third-order valence-corrected chi connectivity index (χ3v) is 6.10. The van der Waals surface area contributed by atoms with Crippen LogP contribution < -0.4 is 10.5 Å². The van der Waals surface area contributed by atoms with E-state index in [1.54, 1.807) is 12.1 Å². The molecule has 3 N–H and O–H groups in total. The maximum Gasteiger partial charge on any atom is 0.341 e. The van der Waals surface area contributed by atoms with Gasteiger partial charge in [0.1, 0.15) is 5.75 Å². The van der Waals surface area contributed by atoms with Crippen molar-refractivity contribution >= 4 is 49.6 Å². The lowest BCUT2D eigenvalue weighted by atomic mass is 10.0. The van der Waals surface area contributed by atoms with Gasteiger partial charge in [0.15, 0.2) is 6.61 Å². The van der Waals surface area contributed by atoms with Crippen LogP contribution in [0.5, 0.6) is 5.75 Å². The van der Waals surface area contributed by atoms with Gasteiger partial charge in [-0.1, -0.05) is 47.1 Å². The van der Waals surface area contributed by atoms with Crippen molar-refractivity contribution in [3.05, 3.63) is 75.8 Å². The Hall–Kier alpha value is -3.32. The largest absolute Gasteiger partial charge is 0.481 e. The summed E-state index contributed by atoms with van der Waals surface area (Å²) in [5.41, 5.74) is 9.83. The van der Waals surface area contributed by atoms with Crippen molar-refractivity contribution in [3.8, 4) is 5.75 Å². The number of carboxylic acids is 1. The Morgan fingerprint density at radius 2 is 1.84 bits per heavy atom. The molecule has 31 heavy (non-hydrogen) atoms. The lowest BCUT2D eigenvalue weighted by Crippen LogP contribution is -2.12. The summed E-state index contributed by atoms with van der Waals surface area (Å²) in [6, 6.07) is 17.3. The monoisotopic (exact) mass is 480 g/mol. The van der Waals surface area contributed by atoms with Crippen LogP contribution in [0.1, 0.15) is 28.4 Å². The summed E-state index contributed by atoms with van der Waals surface area (Å²) in [6.45, 7) is 2.10. The highest BCUT2D eigenvalue weighted by Crippen LogP contribution is 2.39. The van der Waals surface area contributed by atoms with Crippen LogP contribution in [-0.2, 0) is 17.8 Å². The van der Waals surface area contributed by atoms with E-state index in [1.165, 1.54) is 0 Å². The molecule has 4 aromatic rings. The van der Waals surface area contributed by atoms with E-state index in [0.29, 0.717) is 28.6 Å². The number of aryl methyl sites for hydroxylation is 1. The Balaban J connectivity index is 2.09. The van der Waals surface area contributed by atoms with Crippen LogP contribution in [-0.4, -0.2) is 28.2 Å². The number of ether oxygens (including phenoxy) is 1. The van der Waals surface area contributed by atoms with E-state index in [0.717, 1.165) is 33.1 Å². The molecule has 1 amide bonds. The molecule has 0 spiro atoms. The number of hydrogen-bond donors (Lipinski definition) is 2. The first-order valence-corrected chi connectivity index (χ1v) is 10.7. The van der Waals surface area contributed by atoms with Crippen molar-refractivity contribution in [3.63, 3.8) is 0 Å². The van der Waals surface area contributed by atoms with E-state index in [-0.39, 0.29) is 0 Å². The predicted molar refractivity (Wildman–Crippen MR) is 124 cm³/mol. The van der Waals surface area contributed by atoms with Gasteiger partial charge in [-0.05, 0) is 47.9 Å². The van der Waals surface area contributed by atoms with Crippen LogP contribution in [0.2, 0.25) is 0 Å². The second kappa shape index (κ2) is 8.43. The zero-order valence-corrected chi connectivity index (χ0v) is 18.5. The van der Waals surface area contributed by atoms with Crippen molar-refractivity contribution in [1.82, 2.24) is 4.57 Å². The lowest BCUT2D eigenvalue weighted by molar-refractivity contribution is -0.139. The van der Waals surface area contributed by atoms with Crippen molar-refractivity contribution in [2.24, 2.45) is 5.73 Å². The maximum atomic E-state index is 12.3. The molecule has 0 aliphatic rings. The second-order valence-corrected chi connectivity index (χ2v) is 8.12. The molecule has 0 radical (unpaired) electrons. The highest BCUT2D eigenvalue weighted by Gasteiger charge is 2.21. The molecule has 0 saturated carbocycles. The van der Waals surface area contributed by atoms with Crippen LogP contribution in [0.3, 0.4) is 0 Å². The van der Waals surface area contributed by atoms with E-state index in [4.69, 9.17) is 15.6 Å². The van der Waals surface area contributed by atoms with Gasteiger partial charge >= 0.3 is 5.97 Å². The smallest absolute Gasteiger partial charge is 0.341 e. The molecule has 0 bridgehead atoms. The Morgan fingerprint density at radius 1 is 1.06 bits per heavy atom. The summed E-state index contributed by atoms with van der Waals surface area (Å²) in [7, 11) is 0. The van der Waals surface area contributed by atoms with E-state index < -0.39 is 18.5 Å². The molecular weight excluding hydrogens is 460 g/mol. The highest BCUT2D eigenvalue weighted by atomic mass is 79.9. The van der Waals surface area contributed by atoms with Crippen molar-refractivity contribution in [1.29, 1.82) is 0 Å². The van der Waals surface area contributed by atoms with Gasteiger partial charge in [-0.2, -0.15) is 0 Å². The molecule has 3 aromatic carbocycles. The summed E-state index contributed by atoms with van der Waals surface area (Å²) in [5, 5.41) is 10.5. The van der Waals surface area contributed by atoms with Crippen molar-refractivity contribution in [2.75, 3.05) is 6.61 Å². The van der Waals surface area contributed by atoms with Crippen LogP contribution >= 0.6 is 15.9 Å². The summed E-state index contributed by atoms with van der Waals surface area (Å²) in [4.78, 5) is 23.4. The van der Waals surface area contributed by atoms with E-state index >= 15 is 0 Å². The quantitative estimate of drug-likeness (QED) is 0.399. The third kappa shape index (κ3) is 3.88. The average molecular weight is 481 g/mol. The first-order chi connectivity index (χ1) is 14.9. The van der Waals surface area contributed by atoms with Crippen LogP contribution in [0, 0.1) is 0 Å². The van der Waals surface area contributed by atoms with Crippen LogP contribution in [0.25, 0.3) is 21.8 Å². The third-order valence-electron chi connectivity index (χ3n) is 5.33. The normalized spacial score (nSPS) is 11.2. The summed E-state index contributed by atoms with van der Waals surface area (Å²) < 4.78 is 8.77. The number of rotatable bonds is 7. The maximum absolute atomic E-state index is 12.3. The number of primary amides is 1. The zero-order valence-electron chi connectivity index (χ0n) is 16.9. The van der Waals surface area contributed by atoms with Gasteiger partial charge < -0.3 is 20.1 Å². The van der Waals surface area contributed by atoms with Gasteiger partial charge in [0.05, 0.1) is 16.4 Å². The number of carbonyl (C=O) groups is 2. The zero-order chi connectivity index (χ0) is 22.1. The standard InChI is InChI=1S/C24H21BrN2O4/c1-2-14-10-19-23(20(11-14)31-13-21(28)29)22-16(24(26)30)7-5-9-18(22)27(19)12-15-6-3-4-8-17(15)25/h3-11H,2,12-13H2,1H3,(H2,26,30)(H,28,29). The Kier molecular flexibility index (Phi) is 5.69. The number of hydrogen-bond acceptors (Lipinski definition) is 3. The minimum atomic E-state index is -1.07. The lowest BCUT2D eigenvalue weighted by Gasteiger charge is -2.12. The number of fused-ring (bicyclic) bond motifs is 3. The summed E-state index contributed by atoms with van der Waals surface area (Å²) in [5.74, 6) is -1.18. The molecule has 0 fully saturated rings. The number of amides is 1. The SMILES string of the molecule is CCc1cc(OCC(=O)O)c2c3c(C(N)=O)cccc3n(Cc3ccccc3Br)c2c1. The molecule has 0 atom stereocenters. The Labute approximate surface area is 187 Å². The van der Waals surface area contributed by atoms with Crippen molar-refractivity contribution < 1.29 is 19.4 Å². The van der Waals surface area contributed by atoms with Gasteiger partial charge in [0, 0.05) is 22.0 Å². The van der Waals surface area contributed by atoms with E-state index in [9.17, 15) is 9.59 Å². The number of aliphatic carboxylic acids is 1. The average Bonchev–Trinajstić information content (AvgIpc) is 3.07. The fourth-order valence-corrected chi connectivity index (χ4v) is 4.32. The Bertz CT molecular complexity index is 1330. The fourth-order valence-electron chi connectivity index (χ4n) is 3.91. The fraction of sp³-hybridized carbons (Fsp3) is 0.167. The van der Waals surface area contributed by atoms with Gasteiger partial charge in [-0.3, -0.25) is 4.79 Å². The number of benzene rings is 3. The first kappa shape index (κ1) is 20.9. The molecule has 1 aromatic heterocycles. The predicted octanol–water partition coefficient (Wildman–Crippen LogP) is 4.73. The number of aromatic nitrogens is 1. The van der Waals surface area contributed by atoms with Crippen LogP contribution in [0.4, 0.5) is 0 Å². The number of carboxylic acid groups (broad SMARTS) is 1. The van der Waals surface area contributed by atoms with Gasteiger partial charge in [-0.15, -0.1) is 0 Å². The van der Waals surface area contributed by atoms with E-state index in [2.05, 4.69) is 26.6 Å². The summed E-state index contributed by atoms with van der Waals surface area (Å²) >= 11 is 3.61. The second-order valence-electron chi connectivity index (χ2n) is 7.27. The Morgan fingerprint density at radius 3 is 2.52 bits per heavy atom. The molecular formula is C24H21BrN2O4. The summed E-state index contributed by atoms with van der Waals surface area (Å²) in [6.07, 6.45) is 0.749. The van der Waals surface area contributed by atoms with Gasteiger partial charge in [0.25, 0.3) is 0 Å². The van der Waals surface area contributed by atoms with Crippen LogP contribution in [0.15, 0.2) is 59.1 Å². The van der Waals surface area contributed by atoms with E-state index in [1.807, 2.05) is 43.3 Å². The van der Waals surface area contributed by atoms with Gasteiger partial charge in [0.2, 0.25) is 5.91 Å². The number of nitrogens with two attached hydrogens (primary N) is 1. The van der Waals surface area contributed by atoms with Gasteiger partial charge in [-0.25, -0.2) is 4.79 Å². The topological polar surface area (TPSA) is 94.6 Å². The minimum absolute atomic E-state index is 0.373. The number of halogens is 1. The molecule has 4 rings (SSSR count). The minimum Gasteiger partial charge on any atom is -0.481 e. The molecule has 1 heterocycles. The molecule has 0 saturated heterocycles. The number of nitrogens with zero attached hydrogens (tertiary/aromatic N) is 1. The molecule has 0 unspecified atom stereocenters. The molecule has 7 heteroatoms. The highest BCUT2D eigenvalue weighted by molar-refractivity contribution is 9.10.